The molecule has 1 saturated carbocycles. The molecule has 2 saturated heterocycles. The first kappa shape index (κ1) is 12.9. The molecule has 3 nitrogen and oxygen atoms in total. The lowest BCUT2D eigenvalue weighted by molar-refractivity contribution is -0.0344. The summed E-state index contributed by atoms with van der Waals surface area (Å²) in [4.78, 5) is 5.47. The molecule has 3 heteroatoms. The number of rotatable bonds is 2. The van der Waals surface area contributed by atoms with Crippen molar-refractivity contribution in [1.29, 1.82) is 0 Å². The van der Waals surface area contributed by atoms with Crippen LogP contribution in [-0.2, 0) is 0 Å². The van der Waals surface area contributed by atoms with Crippen LogP contribution in [0.5, 0.6) is 0 Å². The second kappa shape index (κ2) is 5.48. The number of nitrogens with one attached hydrogen (secondary N) is 1. The summed E-state index contributed by atoms with van der Waals surface area (Å²) in [5.74, 6) is 1.84. The van der Waals surface area contributed by atoms with Crippen molar-refractivity contribution in [2.45, 2.75) is 45.2 Å². The second-order valence-corrected chi connectivity index (χ2v) is 6.73. The molecule has 0 bridgehead atoms. The van der Waals surface area contributed by atoms with E-state index >= 15 is 0 Å². The lowest BCUT2D eigenvalue weighted by Crippen LogP contribution is -2.66. The van der Waals surface area contributed by atoms with E-state index in [-0.39, 0.29) is 0 Å². The van der Waals surface area contributed by atoms with Crippen LogP contribution >= 0.6 is 0 Å². The fourth-order valence-corrected chi connectivity index (χ4v) is 4.11. The van der Waals surface area contributed by atoms with Crippen LogP contribution in [0.25, 0.3) is 0 Å². The van der Waals surface area contributed by atoms with Crippen LogP contribution < -0.4 is 5.32 Å². The van der Waals surface area contributed by atoms with Crippen LogP contribution in [0, 0.1) is 11.8 Å². The van der Waals surface area contributed by atoms with Gasteiger partial charge in [-0.05, 0) is 18.3 Å². The van der Waals surface area contributed by atoms with Crippen molar-refractivity contribution in [2.75, 3.05) is 39.3 Å². The Kier molecular flexibility index (Phi) is 3.92. The van der Waals surface area contributed by atoms with E-state index in [0.717, 1.165) is 23.9 Å². The highest BCUT2D eigenvalue weighted by molar-refractivity contribution is 4.96. The Balaban J connectivity index is 1.49. The number of nitrogens with zero attached hydrogens (tertiary/aromatic N) is 2. The first-order valence-electron chi connectivity index (χ1n) is 7.94. The molecule has 104 valence electrons. The fourth-order valence-electron chi connectivity index (χ4n) is 4.11. The van der Waals surface area contributed by atoms with Crippen LogP contribution in [0.4, 0.5) is 0 Å². The van der Waals surface area contributed by atoms with E-state index in [2.05, 4.69) is 29.0 Å². The Morgan fingerprint density at radius 3 is 2.39 bits per heavy atom. The van der Waals surface area contributed by atoms with Crippen molar-refractivity contribution in [3.05, 3.63) is 0 Å². The third kappa shape index (κ3) is 2.45. The topological polar surface area (TPSA) is 18.5 Å². The minimum Gasteiger partial charge on any atom is -0.314 e. The standard InChI is InChI=1S/C15H29N3/c1-12-4-3-5-15(13(12)2)18-10-14(11-18)17-8-6-16-7-9-17/h12-16H,3-11H2,1-2H3. The zero-order chi connectivity index (χ0) is 12.5. The molecule has 18 heavy (non-hydrogen) atoms. The van der Waals surface area contributed by atoms with Crippen LogP contribution in [0.1, 0.15) is 33.1 Å². The van der Waals surface area contributed by atoms with Crippen LogP contribution in [0.2, 0.25) is 0 Å². The summed E-state index contributed by atoms with van der Waals surface area (Å²) >= 11 is 0. The van der Waals surface area contributed by atoms with Gasteiger partial charge in [0.15, 0.2) is 0 Å². The molecule has 3 aliphatic rings. The molecule has 1 N–H and O–H groups in total. The first-order chi connectivity index (χ1) is 8.75. The molecule has 1 aliphatic carbocycles. The average molecular weight is 251 g/mol. The van der Waals surface area contributed by atoms with Gasteiger partial charge < -0.3 is 5.32 Å². The van der Waals surface area contributed by atoms with E-state index in [0.29, 0.717) is 0 Å². The Bertz CT molecular complexity index is 269. The highest BCUT2D eigenvalue weighted by Gasteiger charge is 2.40. The van der Waals surface area contributed by atoms with Gasteiger partial charge in [0.1, 0.15) is 0 Å². The molecule has 3 rings (SSSR count). The van der Waals surface area contributed by atoms with E-state index in [1.54, 1.807) is 0 Å². The Morgan fingerprint density at radius 1 is 0.944 bits per heavy atom. The highest BCUT2D eigenvalue weighted by atomic mass is 15.3. The zero-order valence-electron chi connectivity index (χ0n) is 12.1. The lowest BCUT2D eigenvalue weighted by Gasteiger charge is -2.53. The number of piperazine rings is 1. The van der Waals surface area contributed by atoms with E-state index in [1.807, 2.05) is 0 Å². The summed E-state index contributed by atoms with van der Waals surface area (Å²) in [6.07, 6.45) is 4.34. The Morgan fingerprint density at radius 2 is 1.67 bits per heavy atom. The molecule has 2 heterocycles. The Labute approximate surface area is 112 Å². The smallest absolute Gasteiger partial charge is 0.0351 e. The third-order valence-electron chi connectivity index (χ3n) is 5.69. The van der Waals surface area contributed by atoms with E-state index in [9.17, 15) is 0 Å². The van der Waals surface area contributed by atoms with Crippen molar-refractivity contribution in [2.24, 2.45) is 11.8 Å². The molecule has 2 aliphatic heterocycles. The summed E-state index contributed by atoms with van der Waals surface area (Å²) in [5, 5.41) is 3.45. The predicted molar refractivity (Wildman–Crippen MR) is 75.8 cm³/mol. The van der Waals surface area contributed by atoms with Crippen molar-refractivity contribution in [3.63, 3.8) is 0 Å². The fraction of sp³-hybridized carbons (Fsp3) is 1.00. The molecule has 0 spiro atoms. The molecule has 3 atom stereocenters. The summed E-state index contributed by atoms with van der Waals surface area (Å²) in [6.45, 7) is 12.5. The number of hydrogen-bond donors (Lipinski definition) is 1. The summed E-state index contributed by atoms with van der Waals surface area (Å²) in [7, 11) is 0. The minimum atomic E-state index is 0.858. The number of likely N-dealkylation sites (tertiary alicyclic amines) is 1. The van der Waals surface area contributed by atoms with E-state index < -0.39 is 0 Å². The van der Waals surface area contributed by atoms with Crippen molar-refractivity contribution < 1.29 is 0 Å². The highest BCUT2D eigenvalue weighted by Crippen LogP contribution is 2.35. The van der Waals surface area contributed by atoms with E-state index in [1.165, 1.54) is 58.5 Å². The van der Waals surface area contributed by atoms with Gasteiger partial charge >= 0.3 is 0 Å². The van der Waals surface area contributed by atoms with Gasteiger partial charge in [-0.25, -0.2) is 0 Å². The van der Waals surface area contributed by atoms with Gasteiger partial charge in [0.25, 0.3) is 0 Å². The largest absolute Gasteiger partial charge is 0.314 e. The molecule has 3 unspecified atom stereocenters. The normalized spacial score (nSPS) is 40.7. The average Bonchev–Trinajstić information content (AvgIpc) is 2.34. The first-order valence-corrected chi connectivity index (χ1v) is 7.94. The van der Waals surface area contributed by atoms with Gasteiger partial charge in [-0.1, -0.05) is 26.7 Å². The molecular weight excluding hydrogens is 222 g/mol. The molecule has 0 aromatic heterocycles. The lowest BCUT2D eigenvalue weighted by atomic mass is 9.76. The quantitative estimate of drug-likeness (QED) is 0.800. The summed E-state index contributed by atoms with van der Waals surface area (Å²) < 4.78 is 0. The Hall–Kier alpha value is -0.120. The predicted octanol–water partition coefficient (Wildman–Crippen LogP) is 1.40. The van der Waals surface area contributed by atoms with Crippen LogP contribution in [0.3, 0.4) is 0 Å². The SMILES string of the molecule is CC1CCCC(N2CC(N3CCNCC3)C2)C1C. The van der Waals surface area contributed by atoms with Crippen LogP contribution in [0.15, 0.2) is 0 Å². The monoisotopic (exact) mass is 251 g/mol. The third-order valence-corrected chi connectivity index (χ3v) is 5.69. The van der Waals surface area contributed by atoms with Gasteiger partial charge in [-0.3, -0.25) is 9.80 Å². The van der Waals surface area contributed by atoms with Gasteiger partial charge in [0.2, 0.25) is 0 Å². The maximum Gasteiger partial charge on any atom is 0.0351 e. The van der Waals surface area contributed by atoms with Crippen molar-refractivity contribution >= 4 is 0 Å². The molecule has 0 radical (unpaired) electrons. The second-order valence-electron chi connectivity index (χ2n) is 6.73. The van der Waals surface area contributed by atoms with Gasteiger partial charge in [0.05, 0.1) is 0 Å². The zero-order valence-corrected chi connectivity index (χ0v) is 12.1. The van der Waals surface area contributed by atoms with Gasteiger partial charge in [-0.15, -0.1) is 0 Å². The number of hydrogen-bond acceptors (Lipinski definition) is 3. The molecule has 0 amide bonds. The molecule has 0 aromatic carbocycles. The molecular formula is C15H29N3. The molecule has 3 fully saturated rings. The van der Waals surface area contributed by atoms with Gasteiger partial charge in [-0.2, -0.15) is 0 Å². The van der Waals surface area contributed by atoms with Crippen molar-refractivity contribution in [1.82, 2.24) is 15.1 Å². The molecule has 0 aromatic rings. The maximum absolute atomic E-state index is 3.45. The summed E-state index contributed by atoms with van der Waals surface area (Å²) in [6, 6.07) is 1.74. The summed E-state index contributed by atoms with van der Waals surface area (Å²) in [5.41, 5.74) is 0. The van der Waals surface area contributed by atoms with Crippen molar-refractivity contribution in [3.8, 4) is 0 Å². The van der Waals surface area contributed by atoms with Crippen LogP contribution in [-0.4, -0.2) is 61.2 Å². The van der Waals surface area contributed by atoms with E-state index in [4.69, 9.17) is 0 Å². The minimum absolute atomic E-state index is 0.858. The maximum atomic E-state index is 3.45. The van der Waals surface area contributed by atoms with Gasteiger partial charge in [0, 0.05) is 51.4 Å².